The fourth-order valence-electron chi connectivity index (χ4n) is 4.70. The van der Waals surface area contributed by atoms with E-state index in [0.29, 0.717) is 19.8 Å². The molecule has 0 spiro atoms. The number of ketones is 2. The van der Waals surface area contributed by atoms with E-state index in [1.54, 1.807) is 0 Å². The molecule has 1 heterocycles. The van der Waals surface area contributed by atoms with Gasteiger partial charge in [0, 0.05) is 0 Å². The Hall–Kier alpha value is -3.16. The second-order valence-electron chi connectivity index (χ2n) is 9.36. The third-order valence-electron chi connectivity index (χ3n) is 6.51. The standard InChI is InChI=1S/C31H34O6/c1-22(32)28(23(2)33)30-31(36-20-26-16-10-5-11-17-26)29(35-19-25-14-8-4-9-15-25)27(37-30)21-34-18-24-12-6-3-7-13-24/h3-17,27-31H,18-21H2,1-2H3/t27-,29-,30+,31-/m1/s1. The van der Waals surface area contributed by atoms with Crippen molar-refractivity contribution in [1.29, 1.82) is 0 Å². The molecule has 4 atom stereocenters. The van der Waals surface area contributed by atoms with Crippen molar-refractivity contribution >= 4 is 11.6 Å². The highest BCUT2D eigenvalue weighted by molar-refractivity contribution is 6.01. The van der Waals surface area contributed by atoms with Crippen molar-refractivity contribution in [1.82, 2.24) is 0 Å². The number of carbonyl (C=O) groups is 2. The van der Waals surface area contributed by atoms with E-state index in [1.807, 2.05) is 91.0 Å². The number of benzene rings is 3. The Morgan fingerprint density at radius 2 is 1.11 bits per heavy atom. The summed E-state index contributed by atoms with van der Waals surface area (Å²) in [7, 11) is 0. The first-order valence-electron chi connectivity index (χ1n) is 12.6. The zero-order valence-corrected chi connectivity index (χ0v) is 21.3. The molecule has 0 unspecified atom stereocenters. The van der Waals surface area contributed by atoms with Gasteiger partial charge in [-0.05, 0) is 30.5 Å². The van der Waals surface area contributed by atoms with Gasteiger partial charge in [-0.25, -0.2) is 0 Å². The van der Waals surface area contributed by atoms with Crippen LogP contribution >= 0.6 is 0 Å². The van der Waals surface area contributed by atoms with Crippen molar-refractivity contribution in [2.24, 2.45) is 5.92 Å². The molecule has 6 heteroatoms. The van der Waals surface area contributed by atoms with Crippen molar-refractivity contribution in [2.75, 3.05) is 6.61 Å². The summed E-state index contributed by atoms with van der Waals surface area (Å²) in [6.45, 7) is 4.13. The predicted molar refractivity (Wildman–Crippen MR) is 140 cm³/mol. The van der Waals surface area contributed by atoms with Crippen LogP contribution < -0.4 is 0 Å². The molecule has 1 saturated heterocycles. The Morgan fingerprint density at radius 1 is 0.676 bits per heavy atom. The van der Waals surface area contributed by atoms with E-state index in [1.165, 1.54) is 13.8 Å². The van der Waals surface area contributed by atoms with E-state index in [2.05, 4.69) is 0 Å². The second kappa shape index (κ2) is 13.4. The van der Waals surface area contributed by atoms with Crippen molar-refractivity contribution in [3.8, 4) is 0 Å². The average molecular weight is 503 g/mol. The third kappa shape index (κ3) is 7.43. The van der Waals surface area contributed by atoms with Gasteiger partial charge in [0.1, 0.15) is 41.9 Å². The minimum absolute atomic E-state index is 0.235. The number of hydrogen-bond acceptors (Lipinski definition) is 6. The molecule has 0 aromatic heterocycles. The van der Waals surface area contributed by atoms with Gasteiger partial charge in [0.15, 0.2) is 0 Å². The summed E-state index contributed by atoms with van der Waals surface area (Å²) in [5.41, 5.74) is 3.03. The third-order valence-corrected chi connectivity index (χ3v) is 6.51. The van der Waals surface area contributed by atoms with Crippen molar-refractivity contribution in [3.05, 3.63) is 108 Å². The summed E-state index contributed by atoms with van der Waals surface area (Å²) in [5.74, 6) is -1.44. The molecule has 0 saturated carbocycles. The Morgan fingerprint density at radius 3 is 1.57 bits per heavy atom. The molecule has 4 rings (SSSR count). The highest BCUT2D eigenvalue weighted by Crippen LogP contribution is 2.34. The second-order valence-corrected chi connectivity index (χ2v) is 9.36. The van der Waals surface area contributed by atoms with E-state index in [0.717, 1.165) is 16.7 Å². The number of rotatable bonds is 13. The fourth-order valence-corrected chi connectivity index (χ4v) is 4.70. The van der Waals surface area contributed by atoms with Crippen molar-refractivity contribution < 1.29 is 28.5 Å². The first-order chi connectivity index (χ1) is 18.0. The fraction of sp³-hybridized carbons (Fsp3) is 0.355. The van der Waals surface area contributed by atoms with Crippen molar-refractivity contribution in [2.45, 2.75) is 58.1 Å². The zero-order chi connectivity index (χ0) is 26.0. The summed E-state index contributed by atoms with van der Waals surface area (Å²) in [6.07, 6.45) is -2.46. The van der Waals surface area contributed by atoms with E-state index in [9.17, 15) is 9.59 Å². The van der Waals surface area contributed by atoms with Gasteiger partial charge in [0.25, 0.3) is 0 Å². The first kappa shape index (κ1) is 26.9. The normalized spacial score (nSPS) is 21.3. The van der Waals surface area contributed by atoms with Gasteiger partial charge in [-0.15, -0.1) is 0 Å². The lowest BCUT2D eigenvalue weighted by molar-refractivity contribution is -0.142. The van der Waals surface area contributed by atoms with E-state index >= 15 is 0 Å². The van der Waals surface area contributed by atoms with Gasteiger partial charge >= 0.3 is 0 Å². The molecule has 0 bridgehead atoms. The van der Waals surface area contributed by atoms with E-state index in [4.69, 9.17) is 18.9 Å². The molecule has 6 nitrogen and oxygen atoms in total. The lowest BCUT2D eigenvalue weighted by atomic mass is 9.89. The highest BCUT2D eigenvalue weighted by atomic mass is 16.6. The number of hydrogen-bond donors (Lipinski definition) is 0. The molecule has 0 aliphatic carbocycles. The Bertz CT molecular complexity index is 1100. The van der Waals surface area contributed by atoms with Gasteiger partial charge < -0.3 is 18.9 Å². The van der Waals surface area contributed by atoms with Crippen LogP contribution in [0.25, 0.3) is 0 Å². The molecule has 1 aliphatic rings. The number of ether oxygens (including phenoxy) is 4. The molecule has 194 valence electrons. The molecule has 37 heavy (non-hydrogen) atoms. The van der Waals surface area contributed by atoms with E-state index in [-0.39, 0.29) is 18.2 Å². The minimum Gasteiger partial charge on any atom is -0.374 e. The molecule has 0 N–H and O–H groups in total. The van der Waals surface area contributed by atoms with Gasteiger partial charge in [0.2, 0.25) is 0 Å². The smallest absolute Gasteiger partial charge is 0.142 e. The van der Waals surface area contributed by atoms with Gasteiger partial charge in [0.05, 0.1) is 26.4 Å². The van der Waals surface area contributed by atoms with Crippen LogP contribution in [-0.2, 0) is 48.4 Å². The van der Waals surface area contributed by atoms with Crippen LogP contribution in [0.4, 0.5) is 0 Å². The maximum absolute atomic E-state index is 12.6. The largest absolute Gasteiger partial charge is 0.374 e. The van der Waals surface area contributed by atoms with Crippen LogP contribution in [-0.4, -0.2) is 42.6 Å². The Labute approximate surface area is 218 Å². The summed E-state index contributed by atoms with van der Waals surface area (Å²) in [5, 5.41) is 0. The molecule has 1 aliphatic heterocycles. The summed E-state index contributed by atoms with van der Waals surface area (Å²) < 4.78 is 25.1. The highest BCUT2D eigenvalue weighted by Gasteiger charge is 2.51. The molecule has 3 aromatic rings. The van der Waals surface area contributed by atoms with Crippen LogP contribution in [0.5, 0.6) is 0 Å². The van der Waals surface area contributed by atoms with Crippen LogP contribution in [0.3, 0.4) is 0 Å². The summed E-state index contributed by atoms with van der Waals surface area (Å²) in [4.78, 5) is 25.1. The van der Waals surface area contributed by atoms with Crippen LogP contribution in [0.2, 0.25) is 0 Å². The van der Waals surface area contributed by atoms with E-state index < -0.39 is 30.3 Å². The average Bonchev–Trinajstić information content (AvgIpc) is 3.24. The zero-order valence-electron chi connectivity index (χ0n) is 21.3. The lowest BCUT2D eigenvalue weighted by Crippen LogP contribution is -2.44. The lowest BCUT2D eigenvalue weighted by Gasteiger charge is -2.27. The van der Waals surface area contributed by atoms with Crippen LogP contribution in [0.15, 0.2) is 91.0 Å². The van der Waals surface area contributed by atoms with Crippen LogP contribution in [0.1, 0.15) is 30.5 Å². The quantitative estimate of drug-likeness (QED) is 0.309. The summed E-state index contributed by atoms with van der Waals surface area (Å²) >= 11 is 0. The van der Waals surface area contributed by atoms with Crippen LogP contribution in [0, 0.1) is 5.92 Å². The number of Topliss-reactive ketones (excluding diaryl/α,β-unsaturated/α-hetero) is 2. The summed E-state index contributed by atoms with van der Waals surface area (Å²) in [6, 6.07) is 29.5. The number of carbonyl (C=O) groups excluding carboxylic acids is 2. The topological polar surface area (TPSA) is 71.1 Å². The Balaban J connectivity index is 1.56. The van der Waals surface area contributed by atoms with Gasteiger partial charge in [-0.1, -0.05) is 91.0 Å². The molecule has 3 aromatic carbocycles. The molecular weight excluding hydrogens is 468 g/mol. The van der Waals surface area contributed by atoms with Gasteiger partial charge in [-0.2, -0.15) is 0 Å². The minimum atomic E-state index is -0.942. The van der Waals surface area contributed by atoms with Gasteiger partial charge in [-0.3, -0.25) is 9.59 Å². The molecule has 1 fully saturated rings. The maximum Gasteiger partial charge on any atom is 0.142 e. The molecular formula is C31H34O6. The monoisotopic (exact) mass is 502 g/mol. The maximum atomic E-state index is 12.6. The molecule has 0 radical (unpaired) electrons. The Kier molecular flexibility index (Phi) is 9.74. The predicted octanol–water partition coefficient (Wildman–Crippen LogP) is 4.94. The van der Waals surface area contributed by atoms with Crippen molar-refractivity contribution in [3.63, 3.8) is 0 Å². The SMILES string of the molecule is CC(=O)C(C(C)=O)[C@@H]1O[C@H](COCc2ccccc2)[C@@H](OCc2ccccc2)[C@H]1OCc1ccccc1. The molecule has 0 amide bonds. The first-order valence-corrected chi connectivity index (χ1v) is 12.6.